The standard InChI is InChI=1S/C15H26BNO/c1-11(2)17-14-8-6-4-3-5-7-13(16)9-12(14)10-15(17)18/h11,13H,3-10,16H2,1-2H3. The minimum atomic E-state index is 0.322. The fourth-order valence-corrected chi connectivity index (χ4v) is 3.44. The second-order valence-electron chi connectivity index (χ2n) is 6.35. The van der Waals surface area contributed by atoms with Gasteiger partial charge in [0.1, 0.15) is 7.85 Å². The summed E-state index contributed by atoms with van der Waals surface area (Å²) in [7, 11) is 2.34. The fraction of sp³-hybridized carbons (Fsp3) is 0.800. The Morgan fingerprint density at radius 1 is 1.22 bits per heavy atom. The van der Waals surface area contributed by atoms with E-state index in [0.29, 0.717) is 18.4 Å². The Bertz CT molecular complexity index is 348. The zero-order valence-corrected chi connectivity index (χ0v) is 12.2. The van der Waals surface area contributed by atoms with Gasteiger partial charge in [-0.3, -0.25) is 4.79 Å². The lowest BCUT2D eigenvalue weighted by atomic mass is 9.77. The van der Waals surface area contributed by atoms with E-state index in [2.05, 4.69) is 26.6 Å². The van der Waals surface area contributed by atoms with Crippen LogP contribution in [-0.4, -0.2) is 24.7 Å². The van der Waals surface area contributed by atoms with E-state index in [1.54, 1.807) is 0 Å². The van der Waals surface area contributed by atoms with Crippen molar-refractivity contribution in [2.75, 3.05) is 0 Å². The number of nitrogens with zero attached hydrogens (tertiary/aromatic N) is 1. The van der Waals surface area contributed by atoms with Gasteiger partial charge in [-0.1, -0.05) is 31.5 Å². The van der Waals surface area contributed by atoms with Gasteiger partial charge in [0.05, 0.1) is 6.42 Å². The molecule has 0 aromatic heterocycles. The first-order valence-electron chi connectivity index (χ1n) is 7.62. The van der Waals surface area contributed by atoms with Gasteiger partial charge in [0.2, 0.25) is 5.91 Å². The molecule has 0 N–H and O–H groups in total. The Balaban J connectivity index is 2.20. The van der Waals surface area contributed by atoms with Crippen molar-refractivity contribution in [2.45, 2.75) is 77.1 Å². The molecule has 0 fully saturated rings. The first-order chi connectivity index (χ1) is 8.59. The van der Waals surface area contributed by atoms with Gasteiger partial charge in [-0.25, -0.2) is 0 Å². The summed E-state index contributed by atoms with van der Waals surface area (Å²) in [5.74, 6) is 1.08. The predicted octanol–water partition coefficient (Wildman–Crippen LogP) is 3.05. The third-order valence-corrected chi connectivity index (χ3v) is 4.30. The van der Waals surface area contributed by atoms with Crippen molar-refractivity contribution in [1.29, 1.82) is 0 Å². The summed E-state index contributed by atoms with van der Waals surface area (Å²) < 4.78 is 0. The molecule has 0 aromatic carbocycles. The molecule has 18 heavy (non-hydrogen) atoms. The molecule has 0 saturated heterocycles. The molecule has 2 nitrogen and oxygen atoms in total. The molecular weight excluding hydrogens is 221 g/mol. The molecule has 1 aliphatic heterocycles. The SMILES string of the molecule is BC1CCCCCCC2=C(CC(=O)N2C(C)C)C1. The quantitative estimate of drug-likeness (QED) is 0.652. The number of allylic oxidation sites excluding steroid dienone is 1. The normalized spacial score (nSPS) is 26.7. The van der Waals surface area contributed by atoms with Crippen LogP contribution in [0.1, 0.15) is 65.2 Å². The summed E-state index contributed by atoms with van der Waals surface area (Å²) in [6, 6.07) is 0.322. The van der Waals surface area contributed by atoms with E-state index < -0.39 is 0 Å². The first-order valence-corrected chi connectivity index (χ1v) is 7.62. The topological polar surface area (TPSA) is 20.3 Å². The lowest BCUT2D eigenvalue weighted by molar-refractivity contribution is -0.128. The van der Waals surface area contributed by atoms with Crippen molar-refractivity contribution in [3.8, 4) is 0 Å². The van der Waals surface area contributed by atoms with Crippen molar-refractivity contribution in [3.63, 3.8) is 0 Å². The van der Waals surface area contributed by atoms with Crippen LogP contribution < -0.4 is 0 Å². The summed E-state index contributed by atoms with van der Waals surface area (Å²) in [5.41, 5.74) is 2.83. The third kappa shape index (κ3) is 2.99. The van der Waals surface area contributed by atoms with Gasteiger partial charge in [0.25, 0.3) is 0 Å². The average Bonchev–Trinajstić information content (AvgIpc) is 2.60. The Kier molecular flexibility index (Phi) is 4.52. The zero-order chi connectivity index (χ0) is 13.1. The molecule has 1 aliphatic carbocycles. The van der Waals surface area contributed by atoms with Crippen LogP contribution in [0.25, 0.3) is 0 Å². The lowest BCUT2D eigenvalue weighted by Gasteiger charge is -2.26. The molecule has 0 saturated carbocycles. The molecule has 2 aliphatic rings. The molecular formula is C15H26BNO. The number of carbonyl (C=O) groups excluding carboxylic acids is 1. The van der Waals surface area contributed by atoms with E-state index in [-0.39, 0.29) is 0 Å². The maximum atomic E-state index is 12.2. The molecule has 0 bridgehead atoms. The molecule has 1 heterocycles. The summed E-state index contributed by atoms with van der Waals surface area (Å²) in [4.78, 5) is 14.2. The highest BCUT2D eigenvalue weighted by atomic mass is 16.2. The van der Waals surface area contributed by atoms with Gasteiger partial charge in [0, 0.05) is 11.7 Å². The molecule has 1 unspecified atom stereocenters. The molecule has 1 atom stereocenters. The second-order valence-corrected chi connectivity index (χ2v) is 6.35. The molecule has 0 radical (unpaired) electrons. The van der Waals surface area contributed by atoms with Crippen molar-refractivity contribution in [1.82, 2.24) is 4.90 Å². The number of rotatable bonds is 1. The minimum Gasteiger partial charge on any atom is -0.313 e. The van der Waals surface area contributed by atoms with Crippen molar-refractivity contribution in [2.24, 2.45) is 0 Å². The van der Waals surface area contributed by atoms with Crippen molar-refractivity contribution >= 4 is 13.8 Å². The Morgan fingerprint density at radius 2 is 1.94 bits per heavy atom. The van der Waals surface area contributed by atoms with Crippen LogP contribution >= 0.6 is 0 Å². The summed E-state index contributed by atoms with van der Waals surface area (Å²) in [6.45, 7) is 4.27. The maximum Gasteiger partial charge on any atom is 0.231 e. The molecule has 1 amide bonds. The van der Waals surface area contributed by atoms with Gasteiger partial charge < -0.3 is 4.90 Å². The van der Waals surface area contributed by atoms with E-state index in [9.17, 15) is 4.79 Å². The number of carbonyl (C=O) groups is 1. The minimum absolute atomic E-state index is 0.322. The molecule has 0 spiro atoms. The number of hydrogen-bond acceptors (Lipinski definition) is 1. The van der Waals surface area contributed by atoms with E-state index in [1.807, 2.05) is 0 Å². The van der Waals surface area contributed by atoms with Crippen LogP contribution in [0.4, 0.5) is 0 Å². The molecule has 3 heteroatoms. The van der Waals surface area contributed by atoms with Crippen LogP contribution in [0.3, 0.4) is 0 Å². The Hall–Kier alpha value is -0.725. The predicted molar refractivity (Wildman–Crippen MR) is 78.2 cm³/mol. The lowest BCUT2D eigenvalue weighted by Crippen LogP contribution is -2.32. The molecule has 2 rings (SSSR count). The van der Waals surface area contributed by atoms with Gasteiger partial charge in [0.15, 0.2) is 0 Å². The van der Waals surface area contributed by atoms with Gasteiger partial charge in [-0.15, -0.1) is 0 Å². The number of hydrogen-bond donors (Lipinski definition) is 0. The van der Waals surface area contributed by atoms with E-state index in [4.69, 9.17) is 0 Å². The fourth-order valence-electron chi connectivity index (χ4n) is 3.44. The highest BCUT2D eigenvalue weighted by Crippen LogP contribution is 2.36. The summed E-state index contributed by atoms with van der Waals surface area (Å²) >= 11 is 0. The molecule has 100 valence electrons. The summed E-state index contributed by atoms with van der Waals surface area (Å²) in [5, 5.41) is 0. The third-order valence-electron chi connectivity index (χ3n) is 4.30. The Labute approximate surface area is 112 Å². The van der Waals surface area contributed by atoms with E-state index in [0.717, 1.165) is 18.7 Å². The van der Waals surface area contributed by atoms with E-state index in [1.165, 1.54) is 43.4 Å². The monoisotopic (exact) mass is 247 g/mol. The van der Waals surface area contributed by atoms with Crippen LogP contribution in [-0.2, 0) is 4.79 Å². The highest BCUT2D eigenvalue weighted by Gasteiger charge is 2.31. The summed E-state index contributed by atoms with van der Waals surface area (Å²) in [6.07, 6.45) is 9.59. The van der Waals surface area contributed by atoms with Crippen LogP contribution in [0.5, 0.6) is 0 Å². The first kappa shape index (κ1) is 13.7. The second kappa shape index (κ2) is 5.94. The maximum absolute atomic E-state index is 12.2. The number of amides is 1. The largest absolute Gasteiger partial charge is 0.313 e. The van der Waals surface area contributed by atoms with Crippen molar-refractivity contribution < 1.29 is 4.79 Å². The molecule has 0 aromatic rings. The Morgan fingerprint density at radius 3 is 2.67 bits per heavy atom. The zero-order valence-electron chi connectivity index (χ0n) is 12.2. The smallest absolute Gasteiger partial charge is 0.231 e. The van der Waals surface area contributed by atoms with Gasteiger partial charge >= 0.3 is 0 Å². The van der Waals surface area contributed by atoms with Crippen LogP contribution in [0, 0.1) is 0 Å². The van der Waals surface area contributed by atoms with E-state index >= 15 is 0 Å². The average molecular weight is 247 g/mol. The van der Waals surface area contributed by atoms with Crippen molar-refractivity contribution in [3.05, 3.63) is 11.3 Å². The van der Waals surface area contributed by atoms with Crippen LogP contribution in [0.15, 0.2) is 11.3 Å². The highest BCUT2D eigenvalue weighted by molar-refractivity contribution is 6.11. The van der Waals surface area contributed by atoms with Crippen LogP contribution in [0.2, 0.25) is 5.82 Å². The van der Waals surface area contributed by atoms with Gasteiger partial charge in [-0.05, 0) is 38.7 Å². The van der Waals surface area contributed by atoms with Gasteiger partial charge in [-0.2, -0.15) is 0 Å².